The van der Waals surface area contributed by atoms with Crippen molar-refractivity contribution < 1.29 is 37.0 Å². The Kier molecular flexibility index (Phi) is 9.46. The van der Waals surface area contributed by atoms with Gasteiger partial charge in [-0.3, -0.25) is 9.48 Å². The molecule has 0 aliphatic carbocycles. The van der Waals surface area contributed by atoms with Gasteiger partial charge in [0, 0.05) is 30.4 Å². The fraction of sp³-hybridized carbons (Fsp3) is 0.190. The third-order valence-corrected chi connectivity index (χ3v) is 4.77. The number of aryl methyl sites for hydroxylation is 1. The molecule has 188 valence electrons. The number of carbonyl (C=O) groups is 2. The van der Waals surface area contributed by atoms with Gasteiger partial charge in [-0.15, -0.1) is 0 Å². The minimum absolute atomic E-state index is 0.0499. The van der Waals surface area contributed by atoms with Crippen molar-refractivity contribution in [1.29, 1.82) is 0 Å². The zero-order valence-corrected chi connectivity index (χ0v) is 19.4. The molecule has 1 amide bonds. The van der Waals surface area contributed by atoms with Gasteiger partial charge >= 0.3 is 12.1 Å². The Morgan fingerprint density at radius 1 is 1.17 bits per heavy atom. The van der Waals surface area contributed by atoms with Crippen LogP contribution in [0.5, 0.6) is 5.75 Å². The van der Waals surface area contributed by atoms with E-state index in [0.717, 1.165) is 6.07 Å². The van der Waals surface area contributed by atoms with Gasteiger partial charge in [0.15, 0.2) is 0 Å². The van der Waals surface area contributed by atoms with Gasteiger partial charge < -0.3 is 20.9 Å². The molecule has 3 aromatic rings. The van der Waals surface area contributed by atoms with Crippen molar-refractivity contribution in [3.8, 4) is 17.0 Å². The largest absolute Gasteiger partial charge is 0.492 e. The summed E-state index contributed by atoms with van der Waals surface area (Å²) in [5.41, 5.74) is 7.41. The molecule has 0 saturated heterocycles. The monoisotopic (exact) mass is 536 g/mol. The Labute approximate surface area is 206 Å². The number of nitrogens with zero attached hydrogens (tertiary/aromatic N) is 2. The molecule has 0 saturated carbocycles. The number of carbonyl (C=O) groups excluding carboxylic acids is 1. The minimum atomic E-state index is -5.08. The first-order valence-corrected chi connectivity index (χ1v) is 10.3. The summed E-state index contributed by atoms with van der Waals surface area (Å²) in [4.78, 5) is 21.3. The molecule has 8 nitrogen and oxygen atoms in total. The van der Waals surface area contributed by atoms with E-state index in [4.69, 9.17) is 43.6 Å². The van der Waals surface area contributed by atoms with Gasteiger partial charge in [-0.25, -0.2) is 9.18 Å². The molecule has 0 atom stereocenters. The molecule has 4 N–H and O–H groups in total. The number of aromatic nitrogens is 2. The first kappa shape index (κ1) is 27.9. The predicted molar refractivity (Wildman–Crippen MR) is 121 cm³/mol. The Hall–Kier alpha value is -3.35. The van der Waals surface area contributed by atoms with E-state index in [-0.39, 0.29) is 10.6 Å². The van der Waals surface area contributed by atoms with Crippen molar-refractivity contribution in [1.82, 2.24) is 9.78 Å². The second kappa shape index (κ2) is 11.9. The Bertz CT molecular complexity index is 1200. The van der Waals surface area contributed by atoms with Crippen LogP contribution in [0.3, 0.4) is 0 Å². The van der Waals surface area contributed by atoms with Gasteiger partial charge in [-0.05, 0) is 36.4 Å². The molecule has 3 rings (SSSR count). The number of anilines is 1. The molecule has 0 unspecified atom stereocenters. The lowest BCUT2D eigenvalue weighted by molar-refractivity contribution is -0.192. The van der Waals surface area contributed by atoms with Crippen LogP contribution in [0.1, 0.15) is 10.4 Å². The molecule has 0 aliphatic rings. The van der Waals surface area contributed by atoms with E-state index in [0.29, 0.717) is 40.9 Å². The molecular formula is C21H18Cl2F4N4O4. The van der Waals surface area contributed by atoms with Crippen LogP contribution in [-0.2, 0) is 11.8 Å². The summed E-state index contributed by atoms with van der Waals surface area (Å²) in [5, 5.41) is 14.4. The van der Waals surface area contributed by atoms with Crippen molar-refractivity contribution in [3.63, 3.8) is 0 Å². The Balaban J connectivity index is 0.000000540. The zero-order valence-electron chi connectivity index (χ0n) is 17.9. The van der Waals surface area contributed by atoms with E-state index < -0.39 is 23.9 Å². The molecule has 35 heavy (non-hydrogen) atoms. The van der Waals surface area contributed by atoms with E-state index in [9.17, 15) is 22.4 Å². The molecule has 14 heteroatoms. The van der Waals surface area contributed by atoms with Gasteiger partial charge in [-0.2, -0.15) is 18.3 Å². The van der Waals surface area contributed by atoms with Crippen LogP contribution < -0.4 is 15.8 Å². The van der Waals surface area contributed by atoms with E-state index in [1.54, 1.807) is 29.9 Å². The normalized spacial score (nSPS) is 10.9. The fourth-order valence-electron chi connectivity index (χ4n) is 2.64. The first-order chi connectivity index (χ1) is 16.3. The number of carboxylic acids is 1. The predicted octanol–water partition coefficient (Wildman–Crippen LogP) is 4.76. The van der Waals surface area contributed by atoms with Crippen LogP contribution in [0.2, 0.25) is 10.0 Å². The van der Waals surface area contributed by atoms with Crippen molar-refractivity contribution in [2.75, 3.05) is 18.5 Å². The molecule has 0 aliphatic heterocycles. The van der Waals surface area contributed by atoms with Crippen LogP contribution >= 0.6 is 23.2 Å². The lowest BCUT2D eigenvalue weighted by Crippen LogP contribution is -2.21. The third kappa shape index (κ3) is 7.57. The summed E-state index contributed by atoms with van der Waals surface area (Å²) in [6, 6.07) is 8.93. The van der Waals surface area contributed by atoms with E-state index in [2.05, 4.69) is 10.4 Å². The maximum Gasteiger partial charge on any atom is 0.490 e. The molecule has 0 fully saturated rings. The number of ether oxygens (including phenoxy) is 1. The second-order valence-corrected chi connectivity index (χ2v) is 7.51. The summed E-state index contributed by atoms with van der Waals surface area (Å²) < 4.78 is 52.7. The molecule has 2 aromatic carbocycles. The highest BCUT2D eigenvalue weighted by molar-refractivity contribution is 6.33. The van der Waals surface area contributed by atoms with Gasteiger partial charge in [0.1, 0.15) is 18.2 Å². The smallest absolute Gasteiger partial charge is 0.490 e. The van der Waals surface area contributed by atoms with Gasteiger partial charge in [0.05, 0.1) is 21.9 Å². The van der Waals surface area contributed by atoms with Crippen LogP contribution in [0.4, 0.5) is 23.2 Å². The lowest BCUT2D eigenvalue weighted by Gasteiger charge is -2.14. The Morgan fingerprint density at radius 3 is 2.34 bits per heavy atom. The van der Waals surface area contributed by atoms with Gasteiger partial charge in [0.25, 0.3) is 5.91 Å². The zero-order chi connectivity index (χ0) is 26.3. The van der Waals surface area contributed by atoms with Gasteiger partial charge in [-0.1, -0.05) is 23.2 Å². The molecule has 1 heterocycles. The number of rotatable bonds is 6. The van der Waals surface area contributed by atoms with Crippen molar-refractivity contribution in [2.24, 2.45) is 12.8 Å². The number of amides is 1. The SMILES string of the molecule is Cn1ncc(Cl)c1-c1cc(NC(=O)c2ccc(Cl)c(F)c2)ccc1OCCN.O=C(O)C(F)(F)F. The maximum atomic E-state index is 13.6. The van der Waals surface area contributed by atoms with Crippen LogP contribution in [0.15, 0.2) is 42.6 Å². The number of nitrogens with one attached hydrogen (secondary N) is 1. The number of halogens is 6. The van der Waals surface area contributed by atoms with Crippen molar-refractivity contribution in [2.45, 2.75) is 6.18 Å². The van der Waals surface area contributed by atoms with Gasteiger partial charge in [0.2, 0.25) is 0 Å². The number of hydrogen-bond acceptors (Lipinski definition) is 5. The summed E-state index contributed by atoms with van der Waals surface area (Å²) in [5.74, 6) is -3.35. The molecule has 1 aromatic heterocycles. The highest BCUT2D eigenvalue weighted by Gasteiger charge is 2.38. The number of hydrogen-bond donors (Lipinski definition) is 3. The van der Waals surface area contributed by atoms with Crippen molar-refractivity contribution in [3.05, 3.63) is 64.0 Å². The summed E-state index contributed by atoms with van der Waals surface area (Å²) in [6.45, 7) is 0.664. The van der Waals surface area contributed by atoms with Crippen LogP contribution in [0.25, 0.3) is 11.3 Å². The number of benzene rings is 2. The summed E-state index contributed by atoms with van der Waals surface area (Å²) >= 11 is 11.9. The average molecular weight is 537 g/mol. The second-order valence-electron chi connectivity index (χ2n) is 6.70. The summed E-state index contributed by atoms with van der Waals surface area (Å²) in [6.07, 6.45) is -3.56. The average Bonchev–Trinajstić information content (AvgIpc) is 3.12. The third-order valence-electron chi connectivity index (χ3n) is 4.19. The highest BCUT2D eigenvalue weighted by Crippen LogP contribution is 2.36. The van der Waals surface area contributed by atoms with E-state index in [1.807, 2.05) is 0 Å². The van der Waals surface area contributed by atoms with Crippen LogP contribution in [-0.4, -0.2) is 46.1 Å². The minimum Gasteiger partial charge on any atom is -0.492 e. The van der Waals surface area contributed by atoms with E-state index in [1.165, 1.54) is 18.3 Å². The molecule has 0 radical (unpaired) electrons. The lowest BCUT2D eigenvalue weighted by atomic mass is 10.1. The van der Waals surface area contributed by atoms with Crippen LogP contribution in [0, 0.1) is 5.82 Å². The fourth-order valence-corrected chi connectivity index (χ4v) is 3.03. The van der Waals surface area contributed by atoms with E-state index >= 15 is 0 Å². The number of carboxylic acid groups (broad SMARTS) is 1. The molecule has 0 spiro atoms. The molecular weight excluding hydrogens is 519 g/mol. The summed E-state index contributed by atoms with van der Waals surface area (Å²) in [7, 11) is 1.75. The number of nitrogens with two attached hydrogens (primary N) is 1. The quantitative estimate of drug-likeness (QED) is 0.391. The standard InChI is InChI=1S/C19H17Cl2FN4O2.C2HF3O2/c1-26-18(15(21)10-24-26)13-9-12(3-5-17(13)28-7-6-23)25-19(27)11-2-4-14(20)16(22)8-11;3-2(4,5)1(6)7/h2-5,8-10H,6-7,23H2,1H3,(H,25,27);(H,6,7). The Morgan fingerprint density at radius 2 is 1.83 bits per heavy atom. The topological polar surface area (TPSA) is 119 Å². The number of aliphatic carboxylic acids is 1. The first-order valence-electron chi connectivity index (χ1n) is 9.56. The molecule has 0 bridgehead atoms. The maximum absolute atomic E-state index is 13.6. The van der Waals surface area contributed by atoms with Crippen molar-refractivity contribution >= 4 is 40.8 Å². The highest BCUT2D eigenvalue weighted by atomic mass is 35.5. The number of alkyl halides is 3.